The Kier molecular flexibility index (Phi) is 6.82. The predicted molar refractivity (Wildman–Crippen MR) is 83.5 cm³/mol. The van der Waals surface area contributed by atoms with Crippen molar-refractivity contribution in [2.45, 2.75) is 0 Å². The zero-order chi connectivity index (χ0) is 12.1. The molecule has 0 bridgehead atoms. The van der Waals surface area contributed by atoms with Crippen LogP contribution >= 0.6 is 12.1 Å². The second-order valence-electron chi connectivity index (χ2n) is 3.86. The number of benzene rings is 2. The van der Waals surface area contributed by atoms with Gasteiger partial charge in [-0.1, -0.05) is 36.4 Å². The molecule has 0 saturated heterocycles. The molecule has 0 saturated carbocycles. The first-order valence-electron chi connectivity index (χ1n) is 5.53. The second-order valence-corrected chi connectivity index (χ2v) is 5.12. The average Bonchev–Trinajstić information content (AvgIpc) is 2.38. The van der Waals surface area contributed by atoms with Gasteiger partial charge in [-0.25, -0.2) is 4.31 Å². The molecule has 0 heterocycles. The first-order valence-corrected chi connectivity index (χ1v) is 6.26. The third-order valence-corrected chi connectivity index (χ3v) is 3.14. The maximum atomic E-state index is 2.21. The van der Waals surface area contributed by atoms with Crippen LogP contribution < -0.4 is 4.31 Å². The monoisotopic (exact) mass is 268 g/mol. The Labute approximate surface area is 136 Å². The molecule has 0 aromatic heterocycles. The number of para-hydroxylation sites is 2. The summed E-state index contributed by atoms with van der Waals surface area (Å²) in [5.41, 5.74) is 2.36. The molecule has 2 nitrogen and oxygen atoms in total. The van der Waals surface area contributed by atoms with Gasteiger partial charge in [0.15, 0.2) is 0 Å². The van der Waals surface area contributed by atoms with E-state index in [0.29, 0.717) is 0 Å². The minimum atomic E-state index is 0. The predicted octanol–water partition coefficient (Wildman–Crippen LogP) is 3.30. The molecule has 18 heavy (non-hydrogen) atoms. The van der Waals surface area contributed by atoms with E-state index in [9.17, 15) is 0 Å². The molecular weight excluding hydrogens is 251 g/mol. The summed E-state index contributed by atoms with van der Waals surface area (Å²) in [7, 11) is 4.09. The second kappa shape index (κ2) is 7.87. The summed E-state index contributed by atoms with van der Waals surface area (Å²) in [6, 6.07) is 20.8. The van der Waals surface area contributed by atoms with Crippen molar-refractivity contribution in [2.24, 2.45) is 0 Å². The fourth-order valence-corrected chi connectivity index (χ4v) is 2.29. The van der Waals surface area contributed by atoms with Gasteiger partial charge in [0, 0.05) is 12.1 Å². The van der Waals surface area contributed by atoms with Crippen LogP contribution in [-0.4, -0.2) is 48.0 Å². The third-order valence-electron chi connectivity index (χ3n) is 2.23. The summed E-state index contributed by atoms with van der Waals surface area (Å²) >= 11 is 1.67. The van der Waals surface area contributed by atoms with Crippen LogP contribution in [0.2, 0.25) is 0 Å². The van der Waals surface area contributed by atoms with Crippen LogP contribution in [0.4, 0.5) is 11.4 Å². The van der Waals surface area contributed by atoms with Crippen molar-refractivity contribution in [1.82, 2.24) is 4.31 Å². The van der Waals surface area contributed by atoms with Gasteiger partial charge in [0.2, 0.25) is 0 Å². The Morgan fingerprint density at radius 3 is 1.44 bits per heavy atom. The first-order chi connectivity index (χ1) is 8.27. The summed E-state index contributed by atoms with van der Waals surface area (Å²) in [4.78, 5) is 0. The van der Waals surface area contributed by atoms with E-state index in [0.717, 1.165) is 0 Å². The SMILES string of the molecule is CN(C)SN(c1ccccc1)c1ccccc1.[NaH]. The Morgan fingerprint density at radius 1 is 0.722 bits per heavy atom. The van der Waals surface area contributed by atoms with Gasteiger partial charge in [-0.2, -0.15) is 0 Å². The molecule has 2 aromatic rings. The van der Waals surface area contributed by atoms with E-state index in [1.807, 2.05) is 26.2 Å². The Bertz CT molecular complexity index is 408. The molecule has 2 rings (SSSR count). The molecule has 0 aliphatic carbocycles. The zero-order valence-electron chi connectivity index (χ0n) is 10.1. The summed E-state index contributed by atoms with van der Waals surface area (Å²) in [6.45, 7) is 0. The van der Waals surface area contributed by atoms with Gasteiger partial charge >= 0.3 is 29.6 Å². The van der Waals surface area contributed by atoms with Crippen LogP contribution in [0.25, 0.3) is 0 Å². The minimum absolute atomic E-state index is 0. The summed E-state index contributed by atoms with van der Waals surface area (Å²) in [5, 5.41) is 0. The summed E-state index contributed by atoms with van der Waals surface area (Å²) in [5.74, 6) is 0. The molecule has 0 N–H and O–H groups in total. The number of hydrogen-bond donors (Lipinski definition) is 0. The third kappa shape index (κ3) is 4.34. The molecule has 0 spiro atoms. The molecule has 90 valence electrons. The molecule has 0 amide bonds. The van der Waals surface area contributed by atoms with Gasteiger partial charge in [-0.05, 0) is 38.4 Å². The number of hydrogen-bond acceptors (Lipinski definition) is 3. The first kappa shape index (κ1) is 15.6. The van der Waals surface area contributed by atoms with Crippen LogP contribution in [-0.2, 0) is 0 Å². The fraction of sp³-hybridized carbons (Fsp3) is 0.143. The van der Waals surface area contributed by atoms with E-state index in [1.54, 1.807) is 12.1 Å². The normalized spacial score (nSPS) is 9.94. The van der Waals surface area contributed by atoms with Crippen molar-refractivity contribution in [1.29, 1.82) is 0 Å². The molecule has 0 unspecified atom stereocenters. The van der Waals surface area contributed by atoms with Gasteiger partial charge in [0.05, 0.1) is 11.4 Å². The number of rotatable bonds is 4. The van der Waals surface area contributed by atoms with E-state index >= 15 is 0 Å². The maximum absolute atomic E-state index is 2.21. The molecule has 0 aliphatic heterocycles. The van der Waals surface area contributed by atoms with E-state index in [1.165, 1.54) is 11.4 Å². The topological polar surface area (TPSA) is 6.48 Å². The van der Waals surface area contributed by atoms with Crippen molar-refractivity contribution in [2.75, 3.05) is 18.4 Å². The van der Waals surface area contributed by atoms with Crippen LogP contribution in [0.3, 0.4) is 0 Å². The molecule has 2 aromatic carbocycles. The molecule has 0 atom stereocenters. The molecule has 0 fully saturated rings. The van der Waals surface area contributed by atoms with Gasteiger partial charge in [0.25, 0.3) is 0 Å². The standard InChI is InChI=1S/C14H16N2S.Na.H/c1-15(2)17-16(13-9-5-3-6-10-13)14-11-7-4-8-12-14;;/h3-12H,1-2H3;;. The van der Waals surface area contributed by atoms with E-state index in [-0.39, 0.29) is 29.6 Å². The molecule has 0 aliphatic rings. The number of nitrogens with zero attached hydrogens (tertiary/aromatic N) is 2. The van der Waals surface area contributed by atoms with E-state index < -0.39 is 0 Å². The van der Waals surface area contributed by atoms with Crippen molar-refractivity contribution in [3.8, 4) is 0 Å². The Hall–Kier alpha value is -0.450. The van der Waals surface area contributed by atoms with Gasteiger partial charge in [-0.15, -0.1) is 0 Å². The molecule has 0 radical (unpaired) electrons. The molecular formula is C14H17N2NaS. The summed E-state index contributed by atoms with van der Waals surface area (Å²) < 4.78 is 4.29. The van der Waals surface area contributed by atoms with Crippen LogP contribution in [0.15, 0.2) is 60.7 Å². The average molecular weight is 268 g/mol. The Morgan fingerprint density at radius 2 is 1.11 bits per heavy atom. The van der Waals surface area contributed by atoms with Gasteiger partial charge < -0.3 is 0 Å². The molecule has 4 heteroatoms. The Balaban J connectivity index is 0.00000162. The van der Waals surface area contributed by atoms with Crippen molar-refractivity contribution in [3.63, 3.8) is 0 Å². The van der Waals surface area contributed by atoms with Gasteiger partial charge in [-0.3, -0.25) is 4.31 Å². The van der Waals surface area contributed by atoms with Gasteiger partial charge in [0.1, 0.15) is 0 Å². The van der Waals surface area contributed by atoms with Crippen molar-refractivity contribution in [3.05, 3.63) is 60.7 Å². The van der Waals surface area contributed by atoms with Crippen LogP contribution in [0, 0.1) is 0 Å². The van der Waals surface area contributed by atoms with E-state index in [2.05, 4.69) is 57.1 Å². The van der Waals surface area contributed by atoms with Crippen LogP contribution in [0.1, 0.15) is 0 Å². The van der Waals surface area contributed by atoms with Crippen molar-refractivity contribution < 1.29 is 0 Å². The summed E-state index contributed by atoms with van der Waals surface area (Å²) in [6.07, 6.45) is 0. The van der Waals surface area contributed by atoms with Crippen molar-refractivity contribution >= 4 is 53.1 Å². The quantitative estimate of drug-likeness (QED) is 0.620. The number of anilines is 2. The van der Waals surface area contributed by atoms with E-state index in [4.69, 9.17) is 0 Å². The zero-order valence-corrected chi connectivity index (χ0v) is 10.9. The van der Waals surface area contributed by atoms with Crippen LogP contribution in [0.5, 0.6) is 0 Å². The fourth-order valence-electron chi connectivity index (χ4n) is 1.53.